The van der Waals surface area contributed by atoms with Crippen LogP contribution in [0.5, 0.6) is 5.75 Å². The van der Waals surface area contributed by atoms with Crippen LogP contribution in [0.2, 0.25) is 0 Å². The van der Waals surface area contributed by atoms with Gasteiger partial charge < -0.3 is 4.74 Å². The Morgan fingerprint density at radius 1 is 1.50 bits per heavy atom. The van der Waals surface area contributed by atoms with E-state index in [1.165, 1.54) is 6.20 Å². The molecule has 5 heteroatoms. The lowest BCUT2D eigenvalue weighted by Crippen LogP contribution is -2.45. The average Bonchev–Trinajstić information content (AvgIpc) is 2.36. The molecule has 0 saturated heterocycles. The van der Waals surface area contributed by atoms with Crippen LogP contribution in [0.15, 0.2) is 24.5 Å². The quantitative estimate of drug-likeness (QED) is 0.753. The molecule has 1 aromatic rings. The van der Waals surface area contributed by atoms with E-state index in [0.29, 0.717) is 12.4 Å². The molecule has 0 N–H and O–H groups in total. The molecule has 0 bridgehead atoms. The average molecular weight is 251 g/mol. The molecule has 0 radical (unpaired) electrons. The molecule has 0 aliphatic rings. The van der Waals surface area contributed by atoms with Crippen LogP contribution < -0.4 is 4.74 Å². The van der Waals surface area contributed by atoms with Gasteiger partial charge in [-0.05, 0) is 39.6 Å². The number of amides is 1. The number of pyridine rings is 1. The van der Waals surface area contributed by atoms with Crippen LogP contribution in [0.1, 0.15) is 20.3 Å². The van der Waals surface area contributed by atoms with Crippen molar-refractivity contribution < 1.29 is 9.53 Å². The lowest BCUT2D eigenvalue weighted by molar-refractivity contribution is 0.104. The molecule has 1 rings (SSSR count). The molecule has 1 unspecified atom stereocenters. The Balaban J connectivity index is 2.70. The maximum Gasteiger partial charge on any atom is 0.416 e. The third-order valence-corrected chi connectivity index (χ3v) is 2.63. The summed E-state index contributed by atoms with van der Waals surface area (Å²) in [5.74, 6) is 0.467. The minimum atomic E-state index is -0.342. The second kappa shape index (κ2) is 6.96. The van der Waals surface area contributed by atoms with Crippen molar-refractivity contribution in [2.24, 2.45) is 0 Å². The fraction of sp³-hybridized carbons (Fsp3) is 0.538. The van der Waals surface area contributed by atoms with Crippen LogP contribution in [0, 0.1) is 0 Å². The second-order valence-electron chi connectivity index (χ2n) is 4.50. The van der Waals surface area contributed by atoms with Crippen molar-refractivity contribution in [1.82, 2.24) is 14.8 Å². The molecule has 1 amide bonds. The van der Waals surface area contributed by atoms with Gasteiger partial charge in [0.15, 0.2) is 5.75 Å². The number of rotatable bonds is 5. The molecule has 18 heavy (non-hydrogen) atoms. The van der Waals surface area contributed by atoms with Gasteiger partial charge in [-0.1, -0.05) is 6.92 Å². The smallest absolute Gasteiger partial charge is 0.409 e. The zero-order chi connectivity index (χ0) is 13.5. The van der Waals surface area contributed by atoms with Crippen molar-refractivity contribution in [3.63, 3.8) is 0 Å². The molecule has 0 fully saturated rings. The molecule has 0 saturated carbocycles. The first-order valence-electron chi connectivity index (χ1n) is 6.07. The van der Waals surface area contributed by atoms with Gasteiger partial charge >= 0.3 is 6.09 Å². The normalized spacial score (nSPS) is 12.3. The summed E-state index contributed by atoms with van der Waals surface area (Å²) in [5, 5.41) is 0. The summed E-state index contributed by atoms with van der Waals surface area (Å²) in [6.07, 6.45) is 3.72. The van der Waals surface area contributed by atoms with Crippen molar-refractivity contribution in [2.45, 2.75) is 26.3 Å². The summed E-state index contributed by atoms with van der Waals surface area (Å²) < 4.78 is 5.30. The second-order valence-corrected chi connectivity index (χ2v) is 4.50. The highest BCUT2D eigenvalue weighted by atomic mass is 16.6. The van der Waals surface area contributed by atoms with E-state index in [1.807, 2.05) is 32.8 Å². The van der Waals surface area contributed by atoms with Crippen LogP contribution >= 0.6 is 0 Å². The monoisotopic (exact) mass is 251 g/mol. The number of nitrogens with zero attached hydrogens (tertiary/aromatic N) is 3. The van der Waals surface area contributed by atoms with Gasteiger partial charge in [0.25, 0.3) is 0 Å². The number of ether oxygens (including phenoxy) is 1. The summed E-state index contributed by atoms with van der Waals surface area (Å²) in [5.41, 5.74) is 0. The van der Waals surface area contributed by atoms with E-state index < -0.39 is 0 Å². The Labute approximate surface area is 108 Å². The lowest BCUT2D eigenvalue weighted by Gasteiger charge is -2.30. The fourth-order valence-corrected chi connectivity index (χ4v) is 1.47. The molecule has 0 aliphatic heterocycles. The standard InChI is InChI=1S/C13H21N3O2/c1-5-11(2)16(10-15(3)4)13(17)18-12-7-6-8-14-9-12/h6-9,11H,5,10H2,1-4H3. The lowest BCUT2D eigenvalue weighted by atomic mass is 10.2. The first-order chi connectivity index (χ1) is 8.54. The molecule has 1 heterocycles. The molecule has 1 atom stereocenters. The first-order valence-corrected chi connectivity index (χ1v) is 6.07. The van der Waals surface area contributed by atoms with Crippen LogP contribution in [-0.2, 0) is 0 Å². The Bertz CT molecular complexity index is 368. The summed E-state index contributed by atoms with van der Waals surface area (Å²) in [6, 6.07) is 3.59. The van der Waals surface area contributed by atoms with Crippen molar-refractivity contribution >= 4 is 6.09 Å². The molecule has 0 spiro atoms. The van der Waals surface area contributed by atoms with Gasteiger partial charge in [0.05, 0.1) is 12.9 Å². The largest absolute Gasteiger partial charge is 0.416 e. The zero-order valence-corrected chi connectivity index (χ0v) is 11.5. The number of carbonyl (C=O) groups is 1. The number of carbonyl (C=O) groups excluding carboxylic acids is 1. The third kappa shape index (κ3) is 4.33. The van der Waals surface area contributed by atoms with Crippen molar-refractivity contribution in [3.05, 3.63) is 24.5 Å². The van der Waals surface area contributed by atoms with E-state index >= 15 is 0 Å². The van der Waals surface area contributed by atoms with Crippen LogP contribution in [0.4, 0.5) is 4.79 Å². The Morgan fingerprint density at radius 3 is 2.72 bits per heavy atom. The molecular formula is C13H21N3O2. The van der Waals surface area contributed by atoms with E-state index in [2.05, 4.69) is 4.98 Å². The topological polar surface area (TPSA) is 45.7 Å². The highest BCUT2D eigenvalue weighted by Crippen LogP contribution is 2.11. The minimum absolute atomic E-state index is 0.136. The summed E-state index contributed by atoms with van der Waals surface area (Å²) in [7, 11) is 3.85. The van der Waals surface area contributed by atoms with Crippen LogP contribution in [0.25, 0.3) is 0 Å². The van der Waals surface area contributed by atoms with Gasteiger partial charge in [0, 0.05) is 12.2 Å². The van der Waals surface area contributed by atoms with E-state index in [9.17, 15) is 4.79 Å². The van der Waals surface area contributed by atoms with Crippen molar-refractivity contribution in [1.29, 1.82) is 0 Å². The van der Waals surface area contributed by atoms with E-state index in [4.69, 9.17) is 4.74 Å². The summed E-state index contributed by atoms with van der Waals surface area (Å²) in [6.45, 7) is 4.59. The predicted octanol–water partition coefficient (Wildman–Crippen LogP) is 2.20. The third-order valence-electron chi connectivity index (χ3n) is 2.63. The number of hydrogen-bond acceptors (Lipinski definition) is 4. The molecule has 0 aromatic carbocycles. The van der Waals surface area contributed by atoms with Crippen molar-refractivity contribution in [3.8, 4) is 5.75 Å². The summed E-state index contributed by atoms with van der Waals surface area (Å²) >= 11 is 0. The van der Waals surface area contributed by atoms with Gasteiger partial charge in [0.1, 0.15) is 0 Å². The van der Waals surface area contributed by atoms with Gasteiger partial charge in [-0.15, -0.1) is 0 Å². The predicted molar refractivity (Wildman–Crippen MR) is 70.4 cm³/mol. The Morgan fingerprint density at radius 2 is 2.22 bits per heavy atom. The van der Waals surface area contributed by atoms with Crippen molar-refractivity contribution in [2.75, 3.05) is 20.8 Å². The van der Waals surface area contributed by atoms with E-state index in [1.54, 1.807) is 23.2 Å². The molecular weight excluding hydrogens is 230 g/mol. The Kier molecular flexibility index (Phi) is 5.58. The summed E-state index contributed by atoms with van der Waals surface area (Å²) in [4.78, 5) is 19.7. The molecule has 5 nitrogen and oxygen atoms in total. The van der Waals surface area contributed by atoms with Gasteiger partial charge in [-0.3, -0.25) is 14.8 Å². The Hall–Kier alpha value is -1.62. The SMILES string of the molecule is CCC(C)N(CN(C)C)C(=O)Oc1cccnc1. The van der Waals surface area contributed by atoms with Gasteiger partial charge in [-0.25, -0.2) is 4.79 Å². The maximum absolute atomic E-state index is 12.1. The molecule has 100 valence electrons. The van der Waals surface area contributed by atoms with Crippen LogP contribution in [0.3, 0.4) is 0 Å². The van der Waals surface area contributed by atoms with Gasteiger partial charge in [-0.2, -0.15) is 0 Å². The van der Waals surface area contributed by atoms with E-state index in [0.717, 1.165) is 6.42 Å². The van der Waals surface area contributed by atoms with Gasteiger partial charge in [0.2, 0.25) is 0 Å². The zero-order valence-electron chi connectivity index (χ0n) is 11.5. The minimum Gasteiger partial charge on any atom is -0.409 e. The molecule has 1 aromatic heterocycles. The van der Waals surface area contributed by atoms with E-state index in [-0.39, 0.29) is 12.1 Å². The first kappa shape index (κ1) is 14.4. The molecule has 0 aliphatic carbocycles. The highest BCUT2D eigenvalue weighted by Gasteiger charge is 2.21. The number of hydrogen-bond donors (Lipinski definition) is 0. The van der Waals surface area contributed by atoms with Crippen LogP contribution in [-0.4, -0.2) is 47.7 Å². The fourth-order valence-electron chi connectivity index (χ4n) is 1.47. The maximum atomic E-state index is 12.1. The highest BCUT2D eigenvalue weighted by molar-refractivity contribution is 5.70. The number of aromatic nitrogens is 1.